The Labute approximate surface area is 157 Å². The lowest BCUT2D eigenvalue weighted by Crippen LogP contribution is -2.44. The molecule has 1 aliphatic rings. The van der Waals surface area contributed by atoms with Gasteiger partial charge in [-0.3, -0.25) is 25.1 Å². The van der Waals surface area contributed by atoms with Crippen LogP contribution in [0.25, 0.3) is 6.08 Å². The maximum Gasteiger partial charge on any atom is 0.285 e. The standard InChI is InChI=1S/C17H11N3O4S2/c21-15(12-6-2-1-3-7-12)18-19-16(22)14(26-17(19)25)10-11-5-4-8-13(9-11)20(23)24/h1-10H,(H,18,21). The second kappa shape index (κ2) is 7.46. The lowest BCUT2D eigenvalue weighted by Gasteiger charge is -2.15. The second-order valence-electron chi connectivity index (χ2n) is 5.18. The number of hydrogen-bond acceptors (Lipinski definition) is 6. The molecule has 7 nitrogen and oxygen atoms in total. The topological polar surface area (TPSA) is 92.6 Å². The number of amides is 2. The fourth-order valence-electron chi connectivity index (χ4n) is 2.20. The van der Waals surface area contributed by atoms with Gasteiger partial charge in [-0.1, -0.05) is 42.1 Å². The van der Waals surface area contributed by atoms with E-state index in [-0.39, 0.29) is 14.9 Å². The highest BCUT2D eigenvalue weighted by atomic mass is 32.2. The van der Waals surface area contributed by atoms with Crippen molar-refractivity contribution in [2.75, 3.05) is 0 Å². The smallest absolute Gasteiger partial charge is 0.267 e. The van der Waals surface area contributed by atoms with Crippen molar-refractivity contribution >= 4 is 51.9 Å². The molecule has 0 atom stereocenters. The van der Waals surface area contributed by atoms with E-state index in [1.54, 1.807) is 36.4 Å². The minimum absolute atomic E-state index is 0.0772. The predicted molar refractivity (Wildman–Crippen MR) is 102 cm³/mol. The Morgan fingerprint density at radius 2 is 1.92 bits per heavy atom. The zero-order valence-electron chi connectivity index (χ0n) is 13.1. The third-order valence-electron chi connectivity index (χ3n) is 3.42. The zero-order valence-corrected chi connectivity index (χ0v) is 14.8. The summed E-state index contributed by atoms with van der Waals surface area (Å²) in [6.07, 6.45) is 1.50. The molecule has 1 saturated heterocycles. The highest BCUT2D eigenvalue weighted by Crippen LogP contribution is 2.32. The number of thiocarbonyl (C=S) groups is 1. The van der Waals surface area contributed by atoms with E-state index >= 15 is 0 Å². The van der Waals surface area contributed by atoms with Crippen LogP contribution in [0.15, 0.2) is 59.5 Å². The molecule has 1 heterocycles. The first-order valence-corrected chi connectivity index (χ1v) is 8.56. The number of non-ortho nitro benzene ring substituents is 1. The van der Waals surface area contributed by atoms with Crippen LogP contribution < -0.4 is 5.43 Å². The zero-order chi connectivity index (χ0) is 18.7. The van der Waals surface area contributed by atoms with Crippen molar-refractivity contribution in [1.29, 1.82) is 0 Å². The molecule has 1 fully saturated rings. The van der Waals surface area contributed by atoms with E-state index in [1.807, 2.05) is 0 Å². The van der Waals surface area contributed by atoms with Gasteiger partial charge in [-0.25, -0.2) is 0 Å². The number of thioether (sulfide) groups is 1. The van der Waals surface area contributed by atoms with Crippen molar-refractivity contribution in [3.8, 4) is 0 Å². The van der Waals surface area contributed by atoms with Crippen LogP contribution in [0.2, 0.25) is 0 Å². The second-order valence-corrected chi connectivity index (χ2v) is 6.85. The fourth-order valence-corrected chi connectivity index (χ4v) is 3.38. The average molecular weight is 385 g/mol. The average Bonchev–Trinajstić information content (AvgIpc) is 2.90. The number of benzene rings is 2. The number of nitro benzene ring substituents is 1. The van der Waals surface area contributed by atoms with Crippen molar-refractivity contribution < 1.29 is 14.5 Å². The Balaban J connectivity index is 1.79. The van der Waals surface area contributed by atoms with Crippen molar-refractivity contribution in [1.82, 2.24) is 10.4 Å². The van der Waals surface area contributed by atoms with Gasteiger partial charge >= 0.3 is 0 Å². The minimum atomic E-state index is -0.511. The molecular weight excluding hydrogens is 374 g/mol. The van der Waals surface area contributed by atoms with Crippen LogP contribution in [0.1, 0.15) is 15.9 Å². The monoisotopic (exact) mass is 385 g/mol. The molecule has 0 unspecified atom stereocenters. The van der Waals surface area contributed by atoms with E-state index in [0.29, 0.717) is 11.1 Å². The Morgan fingerprint density at radius 1 is 1.19 bits per heavy atom. The van der Waals surface area contributed by atoms with E-state index in [4.69, 9.17) is 12.2 Å². The molecule has 0 saturated carbocycles. The molecule has 0 spiro atoms. The summed E-state index contributed by atoms with van der Waals surface area (Å²) >= 11 is 6.16. The number of nitrogens with one attached hydrogen (secondary N) is 1. The van der Waals surface area contributed by atoms with Gasteiger partial charge in [-0.15, -0.1) is 0 Å². The minimum Gasteiger partial charge on any atom is -0.267 e. The molecule has 0 bridgehead atoms. The Morgan fingerprint density at radius 3 is 2.62 bits per heavy atom. The highest BCUT2D eigenvalue weighted by Gasteiger charge is 2.33. The molecule has 3 rings (SSSR count). The molecule has 1 N–H and O–H groups in total. The first kappa shape index (κ1) is 17.8. The molecule has 130 valence electrons. The first-order chi connectivity index (χ1) is 12.5. The summed E-state index contributed by atoms with van der Waals surface area (Å²) < 4.78 is 0.177. The number of carbonyl (C=O) groups is 2. The van der Waals surface area contributed by atoms with Gasteiger partial charge in [0.05, 0.1) is 9.83 Å². The summed E-state index contributed by atoms with van der Waals surface area (Å²) in [5.74, 6) is -0.950. The number of carbonyl (C=O) groups excluding carboxylic acids is 2. The SMILES string of the molecule is O=C(NN1C(=O)C(=Cc2cccc([N+](=O)[O-])c2)SC1=S)c1ccccc1. The maximum atomic E-state index is 12.5. The van der Waals surface area contributed by atoms with Crippen LogP contribution >= 0.6 is 24.0 Å². The van der Waals surface area contributed by atoms with Gasteiger partial charge in [-0.2, -0.15) is 5.01 Å². The van der Waals surface area contributed by atoms with Crippen molar-refractivity contribution in [2.45, 2.75) is 0 Å². The van der Waals surface area contributed by atoms with Crippen LogP contribution in [0.5, 0.6) is 0 Å². The first-order valence-electron chi connectivity index (χ1n) is 7.34. The molecule has 2 aromatic rings. The number of rotatable bonds is 4. The molecule has 2 amide bonds. The molecule has 9 heteroatoms. The highest BCUT2D eigenvalue weighted by molar-refractivity contribution is 8.26. The summed E-state index contributed by atoms with van der Waals surface area (Å²) in [5, 5.41) is 11.8. The third-order valence-corrected chi connectivity index (χ3v) is 4.72. The Kier molecular flexibility index (Phi) is 5.10. The molecule has 0 radical (unpaired) electrons. The summed E-state index contributed by atoms with van der Waals surface area (Å²) in [6, 6.07) is 14.3. The van der Waals surface area contributed by atoms with Crippen molar-refractivity contribution in [3.63, 3.8) is 0 Å². The van der Waals surface area contributed by atoms with E-state index in [0.717, 1.165) is 16.8 Å². The molecule has 0 aromatic heterocycles. The van der Waals surface area contributed by atoms with Crippen LogP contribution in [0.3, 0.4) is 0 Å². The molecule has 1 aliphatic heterocycles. The lowest BCUT2D eigenvalue weighted by atomic mass is 10.2. The predicted octanol–water partition coefficient (Wildman–Crippen LogP) is 3.14. The maximum absolute atomic E-state index is 12.5. The summed E-state index contributed by atoms with van der Waals surface area (Å²) in [5.41, 5.74) is 3.28. The molecule has 26 heavy (non-hydrogen) atoms. The summed E-state index contributed by atoms with van der Waals surface area (Å²) in [7, 11) is 0. The molecule has 2 aromatic carbocycles. The molecule has 0 aliphatic carbocycles. The van der Waals surface area contributed by atoms with E-state index in [2.05, 4.69) is 5.43 Å². The van der Waals surface area contributed by atoms with Gasteiger partial charge < -0.3 is 0 Å². The number of hydrogen-bond donors (Lipinski definition) is 1. The third kappa shape index (κ3) is 3.79. The van der Waals surface area contributed by atoms with Crippen LogP contribution in [0.4, 0.5) is 5.69 Å². The molecular formula is C17H11N3O4S2. The summed E-state index contributed by atoms with van der Waals surface area (Å²) in [6.45, 7) is 0. The van der Waals surface area contributed by atoms with Gasteiger partial charge in [-0.05, 0) is 36.0 Å². The van der Waals surface area contributed by atoms with Gasteiger partial charge in [0.2, 0.25) is 0 Å². The van der Waals surface area contributed by atoms with E-state index in [1.165, 1.54) is 24.3 Å². The van der Waals surface area contributed by atoms with Crippen LogP contribution in [-0.2, 0) is 4.79 Å². The number of hydrazine groups is 1. The number of nitro groups is 1. The van der Waals surface area contributed by atoms with Crippen LogP contribution in [0, 0.1) is 10.1 Å². The van der Waals surface area contributed by atoms with Crippen LogP contribution in [-0.4, -0.2) is 26.1 Å². The van der Waals surface area contributed by atoms with Crippen molar-refractivity contribution in [3.05, 3.63) is 80.7 Å². The van der Waals surface area contributed by atoms with Gasteiger partial charge in [0.15, 0.2) is 4.32 Å². The largest absolute Gasteiger partial charge is 0.285 e. The normalized spacial score (nSPS) is 15.4. The van der Waals surface area contributed by atoms with Gasteiger partial charge in [0, 0.05) is 17.7 Å². The van der Waals surface area contributed by atoms with E-state index < -0.39 is 16.7 Å². The van der Waals surface area contributed by atoms with E-state index in [9.17, 15) is 19.7 Å². The van der Waals surface area contributed by atoms with Gasteiger partial charge in [0.1, 0.15) is 0 Å². The Bertz CT molecular complexity index is 944. The number of nitrogens with zero attached hydrogens (tertiary/aromatic N) is 2. The van der Waals surface area contributed by atoms with Crippen molar-refractivity contribution in [2.24, 2.45) is 0 Å². The Hall–Kier alpha value is -3.04. The summed E-state index contributed by atoms with van der Waals surface area (Å²) in [4.78, 5) is 35.3. The van der Waals surface area contributed by atoms with Gasteiger partial charge in [0.25, 0.3) is 17.5 Å². The lowest BCUT2D eigenvalue weighted by molar-refractivity contribution is -0.384. The quantitative estimate of drug-likeness (QED) is 0.376. The fraction of sp³-hybridized carbons (Fsp3) is 0.